The van der Waals surface area contributed by atoms with Gasteiger partial charge in [0.1, 0.15) is 6.04 Å². The van der Waals surface area contributed by atoms with Crippen molar-refractivity contribution in [1.82, 2.24) is 5.32 Å². The van der Waals surface area contributed by atoms with Crippen LogP contribution in [0.4, 0.5) is 0 Å². The number of aliphatic carboxylic acids is 1. The van der Waals surface area contributed by atoms with Gasteiger partial charge in [-0.2, -0.15) is 0 Å². The van der Waals surface area contributed by atoms with Crippen LogP contribution >= 0.6 is 11.6 Å². The predicted octanol–water partition coefficient (Wildman–Crippen LogP) is 2.03. The van der Waals surface area contributed by atoms with Gasteiger partial charge in [-0.25, -0.2) is 0 Å². The first kappa shape index (κ1) is 13.0. The van der Waals surface area contributed by atoms with Crippen LogP contribution in [0.5, 0.6) is 0 Å². The molecule has 0 heterocycles. The highest BCUT2D eigenvalue weighted by atomic mass is 35.5. The van der Waals surface area contributed by atoms with Crippen LogP contribution < -0.4 is 5.32 Å². The molecule has 0 fully saturated rings. The van der Waals surface area contributed by atoms with Crippen molar-refractivity contribution >= 4 is 17.6 Å². The summed E-state index contributed by atoms with van der Waals surface area (Å²) in [7, 11) is 0. The molecule has 16 heavy (non-hydrogen) atoms. The lowest BCUT2D eigenvalue weighted by molar-refractivity contribution is -0.139. The number of aryl methyl sites for hydroxylation is 1. The Hall–Kier alpha value is -1.06. The predicted molar refractivity (Wildman–Crippen MR) is 64.8 cm³/mol. The van der Waals surface area contributed by atoms with Gasteiger partial charge < -0.3 is 10.4 Å². The van der Waals surface area contributed by atoms with E-state index in [0.29, 0.717) is 12.4 Å². The van der Waals surface area contributed by atoms with Crippen LogP contribution in [-0.2, 0) is 17.8 Å². The fourth-order valence-electron chi connectivity index (χ4n) is 1.43. The lowest BCUT2D eigenvalue weighted by Gasteiger charge is -2.12. The van der Waals surface area contributed by atoms with Crippen LogP contribution in [-0.4, -0.2) is 23.0 Å². The molecule has 0 saturated carbocycles. The topological polar surface area (TPSA) is 49.3 Å². The zero-order valence-electron chi connectivity index (χ0n) is 9.24. The van der Waals surface area contributed by atoms with Gasteiger partial charge in [-0.15, -0.1) is 11.6 Å². The maximum absolute atomic E-state index is 10.6. The molecular weight excluding hydrogens is 226 g/mol. The van der Waals surface area contributed by atoms with Gasteiger partial charge in [0, 0.05) is 12.4 Å². The van der Waals surface area contributed by atoms with E-state index in [1.165, 1.54) is 5.56 Å². The molecule has 1 rings (SSSR count). The van der Waals surface area contributed by atoms with E-state index in [0.717, 1.165) is 12.0 Å². The van der Waals surface area contributed by atoms with Gasteiger partial charge in [-0.3, -0.25) is 4.79 Å². The number of benzene rings is 1. The Balaban J connectivity index is 2.62. The van der Waals surface area contributed by atoms with E-state index < -0.39 is 12.0 Å². The van der Waals surface area contributed by atoms with Gasteiger partial charge in [0.15, 0.2) is 0 Å². The Labute approximate surface area is 100 Å². The van der Waals surface area contributed by atoms with Gasteiger partial charge in [-0.05, 0) is 24.5 Å². The van der Waals surface area contributed by atoms with Gasteiger partial charge in [0.25, 0.3) is 0 Å². The molecule has 0 aliphatic carbocycles. The molecule has 0 aromatic heterocycles. The molecular formula is C12H16ClNO2. The molecule has 1 aromatic carbocycles. The first-order valence-electron chi connectivity index (χ1n) is 5.24. The number of carboxylic acids is 1. The summed E-state index contributed by atoms with van der Waals surface area (Å²) >= 11 is 5.71. The largest absolute Gasteiger partial charge is 0.480 e. The highest BCUT2D eigenvalue weighted by molar-refractivity contribution is 6.18. The van der Waals surface area contributed by atoms with Gasteiger partial charge >= 0.3 is 5.97 Å². The third kappa shape index (κ3) is 3.83. The van der Waals surface area contributed by atoms with Crippen molar-refractivity contribution in [3.63, 3.8) is 0 Å². The molecule has 0 bridgehead atoms. The lowest BCUT2D eigenvalue weighted by atomic mass is 10.1. The monoisotopic (exact) mass is 241 g/mol. The highest BCUT2D eigenvalue weighted by Gasteiger charge is 2.10. The standard InChI is InChI=1S/C12H16ClNO2/c1-9(12(15)16)14-8-11-5-3-2-4-10(11)6-7-13/h2-5,9,14H,6-8H2,1H3,(H,15,16). The third-order valence-corrected chi connectivity index (χ3v) is 2.64. The van der Waals surface area contributed by atoms with E-state index in [2.05, 4.69) is 5.32 Å². The zero-order valence-corrected chi connectivity index (χ0v) is 10.00. The van der Waals surface area contributed by atoms with Gasteiger partial charge in [0.05, 0.1) is 0 Å². The molecule has 2 N–H and O–H groups in total. The van der Waals surface area contributed by atoms with Gasteiger partial charge in [0.2, 0.25) is 0 Å². The second kappa shape index (κ2) is 6.51. The summed E-state index contributed by atoms with van der Waals surface area (Å²) < 4.78 is 0. The number of alkyl halides is 1. The second-order valence-corrected chi connectivity index (χ2v) is 4.03. The molecule has 0 aliphatic heterocycles. The Morgan fingerprint density at radius 3 is 2.62 bits per heavy atom. The minimum Gasteiger partial charge on any atom is -0.480 e. The first-order valence-corrected chi connectivity index (χ1v) is 5.77. The van der Waals surface area contributed by atoms with E-state index >= 15 is 0 Å². The number of carbonyl (C=O) groups is 1. The minimum atomic E-state index is -0.838. The zero-order chi connectivity index (χ0) is 12.0. The van der Waals surface area contributed by atoms with Gasteiger partial charge in [-0.1, -0.05) is 24.3 Å². The fourth-order valence-corrected chi connectivity index (χ4v) is 1.63. The van der Waals surface area contributed by atoms with Crippen LogP contribution in [0.1, 0.15) is 18.1 Å². The summed E-state index contributed by atoms with van der Waals surface area (Å²) in [4.78, 5) is 10.6. The highest BCUT2D eigenvalue weighted by Crippen LogP contribution is 2.10. The van der Waals surface area contributed by atoms with E-state index in [1.54, 1.807) is 6.92 Å². The molecule has 0 spiro atoms. The number of nitrogens with one attached hydrogen (secondary N) is 1. The number of halogens is 1. The second-order valence-electron chi connectivity index (χ2n) is 3.65. The number of hydrogen-bond donors (Lipinski definition) is 2. The van der Waals surface area contributed by atoms with Crippen LogP contribution in [0.15, 0.2) is 24.3 Å². The lowest BCUT2D eigenvalue weighted by Crippen LogP contribution is -2.33. The minimum absolute atomic E-state index is 0.538. The average molecular weight is 242 g/mol. The SMILES string of the molecule is CC(NCc1ccccc1CCCl)C(=O)O. The molecule has 3 nitrogen and oxygen atoms in total. The molecule has 0 radical (unpaired) electrons. The molecule has 1 unspecified atom stereocenters. The molecule has 88 valence electrons. The molecule has 0 aliphatic rings. The molecule has 1 aromatic rings. The average Bonchev–Trinajstić information content (AvgIpc) is 2.27. The Morgan fingerprint density at radius 1 is 1.44 bits per heavy atom. The summed E-state index contributed by atoms with van der Waals surface area (Å²) in [5, 5.41) is 11.7. The molecule has 0 saturated heterocycles. The van der Waals surface area contributed by atoms with Crippen molar-refractivity contribution in [3.8, 4) is 0 Å². The van der Waals surface area contributed by atoms with Crippen LogP contribution in [0.25, 0.3) is 0 Å². The number of rotatable bonds is 6. The summed E-state index contributed by atoms with van der Waals surface area (Å²) in [6.07, 6.45) is 0.806. The van der Waals surface area contributed by atoms with Crippen LogP contribution in [0.2, 0.25) is 0 Å². The maximum atomic E-state index is 10.6. The summed E-state index contributed by atoms with van der Waals surface area (Å²) in [6, 6.07) is 7.38. The van der Waals surface area contributed by atoms with Crippen molar-refractivity contribution in [3.05, 3.63) is 35.4 Å². The van der Waals surface area contributed by atoms with Crippen molar-refractivity contribution in [2.45, 2.75) is 25.9 Å². The third-order valence-electron chi connectivity index (χ3n) is 2.45. The number of hydrogen-bond acceptors (Lipinski definition) is 2. The fraction of sp³-hybridized carbons (Fsp3) is 0.417. The smallest absolute Gasteiger partial charge is 0.320 e. The van der Waals surface area contributed by atoms with E-state index in [4.69, 9.17) is 16.7 Å². The van der Waals surface area contributed by atoms with Crippen molar-refractivity contribution in [1.29, 1.82) is 0 Å². The van der Waals surface area contributed by atoms with E-state index in [-0.39, 0.29) is 0 Å². The first-order chi connectivity index (χ1) is 7.65. The van der Waals surface area contributed by atoms with E-state index in [1.807, 2.05) is 24.3 Å². The molecule has 4 heteroatoms. The maximum Gasteiger partial charge on any atom is 0.320 e. The van der Waals surface area contributed by atoms with Crippen LogP contribution in [0.3, 0.4) is 0 Å². The number of carboxylic acid groups (broad SMARTS) is 1. The molecule has 0 amide bonds. The Kier molecular flexibility index (Phi) is 5.29. The van der Waals surface area contributed by atoms with Crippen molar-refractivity contribution in [2.24, 2.45) is 0 Å². The van der Waals surface area contributed by atoms with Crippen LogP contribution in [0, 0.1) is 0 Å². The quantitative estimate of drug-likeness (QED) is 0.750. The van der Waals surface area contributed by atoms with E-state index in [9.17, 15) is 4.79 Å². The molecule has 1 atom stereocenters. The summed E-state index contributed by atoms with van der Waals surface area (Å²) in [5.41, 5.74) is 2.28. The Morgan fingerprint density at radius 2 is 2.06 bits per heavy atom. The van der Waals surface area contributed by atoms with Crippen molar-refractivity contribution in [2.75, 3.05) is 5.88 Å². The normalized spacial score (nSPS) is 12.4. The summed E-state index contributed by atoms with van der Waals surface area (Å²) in [6.45, 7) is 2.19. The van der Waals surface area contributed by atoms with Crippen molar-refractivity contribution < 1.29 is 9.90 Å². The Bertz CT molecular complexity index is 355. The summed E-state index contributed by atoms with van der Waals surface area (Å²) in [5.74, 6) is -0.263.